The molecule has 1 fully saturated rings. The van der Waals surface area contributed by atoms with Crippen molar-refractivity contribution < 1.29 is 18.3 Å². The first kappa shape index (κ1) is 16.9. The van der Waals surface area contributed by atoms with Crippen molar-refractivity contribution >= 4 is 25.8 Å². The van der Waals surface area contributed by atoms with Gasteiger partial charge in [-0.2, -0.15) is 4.98 Å². The standard InChI is InChI=1S/C14H14N3O5PS/c15-11-6-7-17(14(18)16-11)12-9-24-13(21-12)8-20-23(19)22-10-4-2-1-3-5-10/h1-7,12-13H,8-9H2,(H-,15,16,18)/p+1/t12-,13+/m1/s1. The summed E-state index contributed by atoms with van der Waals surface area (Å²) in [5.74, 6) is 1.18. The maximum Gasteiger partial charge on any atom is 0.750 e. The number of anilines is 1. The third-order valence-electron chi connectivity index (χ3n) is 3.13. The molecule has 10 heteroatoms. The smallest absolute Gasteiger partial charge is 0.383 e. The minimum absolute atomic E-state index is 0.0837. The molecule has 24 heavy (non-hydrogen) atoms. The van der Waals surface area contributed by atoms with E-state index < -0.39 is 20.2 Å². The molecule has 1 aliphatic heterocycles. The van der Waals surface area contributed by atoms with Crippen LogP contribution < -0.4 is 15.9 Å². The molecule has 2 N–H and O–H groups in total. The third kappa shape index (κ3) is 4.33. The number of ether oxygens (including phenoxy) is 1. The molecule has 1 saturated heterocycles. The summed E-state index contributed by atoms with van der Waals surface area (Å²) in [6.45, 7) is 0.0837. The predicted octanol–water partition coefficient (Wildman–Crippen LogP) is 2.17. The zero-order valence-electron chi connectivity index (χ0n) is 12.5. The van der Waals surface area contributed by atoms with E-state index in [4.69, 9.17) is 19.5 Å². The van der Waals surface area contributed by atoms with Gasteiger partial charge in [-0.25, -0.2) is 9.32 Å². The van der Waals surface area contributed by atoms with Crippen molar-refractivity contribution in [2.75, 3.05) is 18.1 Å². The van der Waals surface area contributed by atoms with E-state index in [9.17, 15) is 9.36 Å². The first-order valence-corrected chi connectivity index (χ1v) is 9.21. The number of para-hydroxylation sites is 1. The van der Waals surface area contributed by atoms with Crippen LogP contribution in [-0.2, 0) is 13.8 Å². The summed E-state index contributed by atoms with van der Waals surface area (Å²) < 4.78 is 29.2. The topological polar surface area (TPSA) is 106 Å². The fraction of sp³-hybridized carbons (Fsp3) is 0.286. The molecule has 0 aliphatic carbocycles. The van der Waals surface area contributed by atoms with Crippen molar-refractivity contribution in [1.29, 1.82) is 0 Å². The highest BCUT2D eigenvalue weighted by atomic mass is 32.2. The van der Waals surface area contributed by atoms with E-state index in [1.165, 1.54) is 28.6 Å². The summed E-state index contributed by atoms with van der Waals surface area (Å²) in [6.07, 6.45) is 1.08. The van der Waals surface area contributed by atoms with E-state index in [0.29, 0.717) is 11.5 Å². The highest BCUT2D eigenvalue weighted by Crippen LogP contribution is 2.34. The summed E-state index contributed by atoms with van der Waals surface area (Å²) >= 11 is 1.46. The van der Waals surface area contributed by atoms with E-state index in [2.05, 4.69) is 4.98 Å². The highest BCUT2D eigenvalue weighted by molar-refractivity contribution is 8.00. The van der Waals surface area contributed by atoms with Crippen LogP contribution in [-0.4, -0.2) is 27.3 Å². The maximum absolute atomic E-state index is 11.8. The first-order valence-electron chi connectivity index (χ1n) is 7.07. The van der Waals surface area contributed by atoms with Crippen LogP contribution in [0.4, 0.5) is 5.82 Å². The minimum Gasteiger partial charge on any atom is -0.383 e. The second-order valence-electron chi connectivity index (χ2n) is 4.82. The number of nitrogens with zero attached hydrogens (tertiary/aromatic N) is 2. The van der Waals surface area contributed by atoms with Crippen molar-refractivity contribution in [3.05, 3.63) is 53.1 Å². The molecule has 0 amide bonds. The summed E-state index contributed by atoms with van der Waals surface area (Å²) in [4.78, 5) is 15.4. The Kier molecular flexibility index (Phi) is 5.47. The van der Waals surface area contributed by atoms with Gasteiger partial charge in [0.15, 0.2) is 5.75 Å². The monoisotopic (exact) mass is 368 g/mol. The lowest BCUT2D eigenvalue weighted by Gasteiger charge is -2.13. The molecule has 3 atom stereocenters. The Bertz CT molecular complexity index is 773. The fourth-order valence-corrected chi connectivity index (χ4v) is 3.73. The third-order valence-corrected chi connectivity index (χ3v) is 4.95. The maximum atomic E-state index is 11.8. The van der Waals surface area contributed by atoms with E-state index in [1.807, 2.05) is 6.07 Å². The van der Waals surface area contributed by atoms with Crippen LogP contribution in [0, 0.1) is 0 Å². The summed E-state index contributed by atoms with van der Waals surface area (Å²) in [6, 6.07) is 10.3. The van der Waals surface area contributed by atoms with E-state index in [-0.39, 0.29) is 17.9 Å². The number of thioether (sulfide) groups is 1. The molecule has 3 rings (SSSR count). The Morgan fingerprint density at radius 1 is 1.38 bits per heavy atom. The lowest BCUT2D eigenvalue weighted by Crippen LogP contribution is -2.28. The number of nitrogen functional groups attached to an aromatic ring is 1. The van der Waals surface area contributed by atoms with Gasteiger partial charge in [0, 0.05) is 16.5 Å². The average Bonchev–Trinajstić information content (AvgIpc) is 3.02. The Hall–Kier alpha value is -1.93. The SMILES string of the molecule is Nc1ccn([C@H]2CS[C@@H](CO[P+](=O)Oc3ccccc3)O2)c(=O)n1. The number of benzene rings is 1. The first-order chi connectivity index (χ1) is 11.6. The van der Waals surface area contributed by atoms with E-state index >= 15 is 0 Å². The number of hydrogen-bond acceptors (Lipinski definition) is 8. The molecular weight excluding hydrogens is 353 g/mol. The molecule has 0 bridgehead atoms. The molecule has 8 nitrogen and oxygen atoms in total. The van der Waals surface area contributed by atoms with Crippen LogP contribution in [0.1, 0.15) is 6.23 Å². The number of aromatic nitrogens is 2. The van der Waals surface area contributed by atoms with E-state index in [0.717, 1.165) is 0 Å². The van der Waals surface area contributed by atoms with Gasteiger partial charge in [-0.1, -0.05) is 18.2 Å². The lowest BCUT2D eigenvalue weighted by molar-refractivity contribution is -0.00214. The molecular formula is C14H15N3O5PS+. The molecule has 1 unspecified atom stereocenters. The number of nitrogens with two attached hydrogens (primary N) is 1. The predicted molar refractivity (Wildman–Crippen MR) is 89.9 cm³/mol. The van der Waals surface area contributed by atoms with Crippen LogP contribution >= 0.6 is 20.0 Å². The molecule has 126 valence electrons. The second kappa shape index (κ2) is 7.76. The second-order valence-corrected chi connectivity index (χ2v) is 6.90. The Morgan fingerprint density at radius 3 is 2.92 bits per heavy atom. The van der Waals surface area contributed by atoms with Crippen molar-refractivity contribution in [3.8, 4) is 5.75 Å². The number of hydrogen-bond donors (Lipinski definition) is 1. The highest BCUT2D eigenvalue weighted by Gasteiger charge is 2.32. The van der Waals surface area contributed by atoms with Crippen LogP contribution in [0.5, 0.6) is 5.75 Å². The Morgan fingerprint density at radius 2 is 2.17 bits per heavy atom. The van der Waals surface area contributed by atoms with Gasteiger partial charge in [-0.15, -0.1) is 16.3 Å². The fourth-order valence-electron chi connectivity index (χ4n) is 2.04. The van der Waals surface area contributed by atoms with Gasteiger partial charge in [0.25, 0.3) is 0 Å². The Labute approximate surface area is 142 Å². The largest absolute Gasteiger partial charge is 0.750 e. The van der Waals surface area contributed by atoms with Crippen LogP contribution in [0.15, 0.2) is 47.4 Å². The molecule has 0 spiro atoms. The van der Waals surface area contributed by atoms with Gasteiger partial charge in [-0.05, 0) is 18.2 Å². The summed E-state index contributed by atoms with van der Waals surface area (Å²) in [7, 11) is -2.29. The zero-order chi connectivity index (χ0) is 16.9. The molecule has 2 heterocycles. The average molecular weight is 368 g/mol. The van der Waals surface area contributed by atoms with Gasteiger partial charge in [-0.3, -0.25) is 4.57 Å². The Balaban J connectivity index is 1.49. The summed E-state index contributed by atoms with van der Waals surface area (Å²) in [5, 5.41) is 0. The van der Waals surface area contributed by atoms with Crippen molar-refractivity contribution in [2.45, 2.75) is 11.7 Å². The quantitative estimate of drug-likeness (QED) is 0.774. The van der Waals surface area contributed by atoms with Crippen molar-refractivity contribution in [2.24, 2.45) is 0 Å². The van der Waals surface area contributed by atoms with Gasteiger partial charge < -0.3 is 10.5 Å². The van der Waals surface area contributed by atoms with Gasteiger partial charge in [0.1, 0.15) is 24.1 Å². The summed E-state index contributed by atoms with van der Waals surface area (Å²) in [5.41, 5.74) is 4.64. The molecule has 1 aliphatic rings. The van der Waals surface area contributed by atoms with Gasteiger partial charge in [0.2, 0.25) is 0 Å². The number of rotatable bonds is 6. The van der Waals surface area contributed by atoms with E-state index in [1.54, 1.807) is 24.3 Å². The normalized spacial score (nSPS) is 20.8. The molecule has 1 aromatic carbocycles. The van der Waals surface area contributed by atoms with Gasteiger partial charge in [0.05, 0.1) is 0 Å². The molecule has 0 radical (unpaired) electrons. The zero-order valence-corrected chi connectivity index (χ0v) is 14.2. The van der Waals surface area contributed by atoms with Crippen LogP contribution in [0.2, 0.25) is 0 Å². The van der Waals surface area contributed by atoms with Crippen molar-refractivity contribution in [1.82, 2.24) is 9.55 Å². The molecule has 0 saturated carbocycles. The molecule has 1 aromatic heterocycles. The van der Waals surface area contributed by atoms with Crippen LogP contribution in [0.25, 0.3) is 0 Å². The molecule has 2 aromatic rings. The van der Waals surface area contributed by atoms with Gasteiger partial charge >= 0.3 is 13.9 Å². The van der Waals surface area contributed by atoms with Crippen molar-refractivity contribution in [3.63, 3.8) is 0 Å². The van der Waals surface area contributed by atoms with Crippen LogP contribution in [0.3, 0.4) is 0 Å². The minimum atomic E-state index is -2.29. The lowest BCUT2D eigenvalue weighted by atomic mass is 10.3.